The molecule has 0 fully saturated rings. The van der Waals surface area contributed by atoms with Crippen LogP contribution in [0.15, 0.2) is 12.1 Å². The fourth-order valence-corrected chi connectivity index (χ4v) is 2.88. The molecule has 0 aromatic heterocycles. The topological polar surface area (TPSA) is 57.5 Å². The van der Waals surface area contributed by atoms with Crippen LogP contribution in [-0.4, -0.2) is 16.2 Å². The van der Waals surface area contributed by atoms with Gasteiger partial charge in [0.1, 0.15) is 5.75 Å². The summed E-state index contributed by atoms with van der Waals surface area (Å²) in [4.78, 5) is 10.9. The summed E-state index contributed by atoms with van der Waals surface area (Å²) in [5.41, 5.74) is 2.73. The number of hydrogen-bond acceptors (Lipinski definition) is 2. The lowest BCUT2D eigenvalue weighted by molar-refractivity contribution is -0.138. The van der Waals surface area contributed by atoms with E-state index in [1.54, 1.807) is 6.07 Å². The zero-order valence-electron chi connectivity index (χ0n) is 10.3. The molecule has 0 amide bonds. The summed E-state index contributed by atoms with van der Waals surface area (Å²) in [6.45, 7) is 3.77. The minimum Gasteiger partial charge on any atom is -0.508 e. The molecule has 3 nitrogen and oxygen atoms in total. The van der Waals surface area contributed by atoms with Gasteiger partial charge in [-0.3, -0.25) is 4.79 Å². The number of carboxylic acids is 1. The van der Waals surface area contributed by atoms with Crippen LogP contribution in [0.5, 0.6) is 5.75 Å². The molecule has 3 heteroatoms. The highest BCUT2D eigenvalue weighted by Gasteiger charge is 2.31. The lowest BCUT2D eigenvalue weighted by Crippen LogP contribution is -2.23. The van der Waals surface area contributed by atoms with Crippen molar-refractivity contribution >= 4 is 5.97 Å². The van der Waals surface area contributed by atoms with Gasteiger partial charge in [-0.05, 0) is 36.5 Å². The Kier molecular flexibility index (Phi) is 2.86. The van der Waals surface area contributed by atoms with Gasteiger partial charge in [0.2, 0.25) is 0 Å². The van der Waals surface area contributed by atoms with E-state index in [0.717, 1.165) is 30.4 Å². The lowest BCUT2D eigenvalue weighted by atomic mass is 9.77. The average Bonchev–Trinajstić information content (AvgIpc) is 2.61. The first-order valence-electron chi connectivity index (χ1n) is 5.98. The quantitative estimate of drug-likeness (QED) is 0.845. The van der Waals surface area contributed by atoms with Crippen LogP contribution >= 0.6 is 0 Å². The van der Waals surface area contributed by atoms with E-state index >= 15 is 0 Å². The lowest BCUT2D eigenvalue weighted by Gasteiger charge is -2.27. The third kappa shape index (κ3) is 2.14. The predicted molar refractivity (Wildman–Crippen MR) is 65.4 cm³/mol. The molecular weight excluding hydrogens is 216 g/mol. The van der Waals surface area contributed by atoms with Crippen LogP contribution in [0.2, 0.25) is 0 Å². The van der Waals surface area contributed by atoms with E-state index < -0.39 is 11.4 Å². The Morgan fingerprint density at radius 2 is 2.06 bits per heavy atom. The number of phenolic OH excluding ortho intramolecular Hbond substituents is 1. The maximum Gasteiger partial charge on any atom is 0.304 e. The Hall–Kier alpha value is -1.51. The highest BCUT2D eigenvalue weighted by atomic mass is 16.4. The second kappa shape index (κ2) is 4.06. The summed E-state index contributed by atoms with van der Waals surface area (Å²) < 4.78 is 0. The van der Waals surface area contributed by atoms with Gasteiger partial charge in [0, 0.05) is 11.0 Å². The van der Waals surface area contributed by atoms with E-state index in [9.17, 15) is 9.90 Å². The summed E-state index contributed by atoms with van der Waals surface area (Å²) in [6, 6.07) is 3.65. The van der Waals surface area contributed by atoms with Gasteiger partial charge < -0.3 is 10.2 Å². The van der Waals surface area contributed by atoms with E-state index in [2.05, 4.69) is 0 Å². The molecule has 0 saturated heterocycles. The zero-order valence-corrected chi connectivity index (χ0v) is 10.3. The Morgan fingerprint density at radius 3 is 2.71 bits per heavy atom. The molecule has 0 radical (unpaired) electrons. The van der Waals surface area contributed by atoms with Crippen LogP contribution in [-0.2, 0) is 23.1 Å². The summed E-state index contributed by atoms with van der Waals surface area (Å²) in [5.74, 6) is -0.595. The molecule has 17 heavy (non-hydrogen) atoms. The third-order valence-corrected chi connectivity index (χ3v) is 3.53. The Bertz CT molecular complexity index is 461. The molecule has 2 N–H and O–H groups in total. The summed E-state index contributed by atoms with van der Waals surface area (Å²) in [6.07, 6.45) is 3.11. The minimum absolute atomic E-state index is 0.0387. The molecule has 0 atom stereocenters. The molecule has 92 valence electrons. The van der Waals surface area contributed by atoms with Crippen molar-refractivity contribution in [1.29, 1.82) is 0 Å². The molecule has 1 aromatic carbocycles. The number of fused-ring (bicyclic) bond motifs is 1. The standard InChI is InChI=1S/C14H18O3/c1-14(2,8-12(16)17)13-10-5-3-4-9(10)6-7-11(13)15/h6-7,15H,3-5,8H2,1-2H3,(H,16,17). The molecule has 1 aliphatic rings. The number of carboxylic acid groups (broad SMARTS) is 1. The number of hydrogen-bond donors (Lipinski definition) is 2. The number of aromatic hydroxyl groups is 1. The maximum atomic E-state index is 10.9. The van der Waals surface area contributed by atoms with Crippen molar-refractivity contribution in [3.05, 3.63) is 28.8 Å². The van der Waals surface area contributed by atoms with Gasteiger partial charge in [0.05, 0.1) is 6.42 Å². The van der Waals surface area contributed by atoms with Crippen LogP contribution in [0.3, 0.4) is 0 Å². The second-order valence-corrected chi connectivity index (χ2v) is 5.41. The monoisotopic (exact) mass is 234 g/mol. The molecule has 0 bridgehead atoms. The van der Waals surface area contributed by atoms with E-state index in [1.807, 2.05) is 19.9 Å². The van der Waals surface area contributed by atoms with Crippen molar-refractivity contribution in [3.63, 3.8) is 0 Å². The number of carbonyl (C=O) groups is 1. The molecule has 1 aliphatic carbocycles. The van der Waals surface area contributed by atoms with Crippen molar-refractivity contribution in [2.45, 2.75) is 44.9 Å². The van der Waals surface area contributed by atoms with E-state index in [-0.39, 0.29) is 12.2 Å². The van der Waals surface area contributed by atoms with Crippen molar-refractivity contribution in [2.24, 2.45) is 0 Å². The van der Waals surface area contributed by atoms with Gasteiger partial charge in [-0.2, -0.15) is 0 Å². The highest BCUT2D eigenvalue weighted by molar-refractivity contribution is 5.69. The molecule has 0 unspecified atom stereocenters. The Labute approximate surface area is 101 Å². The average molecular weight is 234 g/mol. The first-order chi connectivity index (χ1) is 7.92. The van der Waals surface area contributed by atoms with Gasteiger partial charge >= 0.3 is 5.97 Å². The fraction of sp³-hybridized carbons (Fsp3) is 0.500. The van der Waals surface area contributed by atoms with Crippen LogP contribution in [0.25, 0.3) is 0 Å². The van der Waals surface area contributed by atoms with Gasteiger partial charge in [-0.25, -0.2) is 0 Å². The normalized spacial score (nSPS) is 14.7. The third-order valence-electron chi connectivity index (χ3n) is 3.53. The smallest absolute Gasteiger partial charge is 0.304 e. The SMILES string of the molecule is CC(C)(CC(=O)O)c1c(O)ccc2c1CCC2. The first kappa shape index (κ1) is 12.0. The largest absolute Gasteiger partial charge is 0.508 e. The zero-order chi connectivity index (χ0) is 12.6. The number of aryl methyl sites for hydroxylation is 1. The fourth-order valence-electron chi connectivity index (χ4n) is 2.88. The minimum atomic E-state index is -0.829. The predicted octanol–water partition coefficient (Wildman–Crippen LogP) is 2.63. The molecule has 0 saturated carbocycles. The number of aliphatic carboxylic acids is 1. The second-order valence-electron chi connectivity index (χ2n) is 5.41. The van der Waals surface area contributed by atoms with Gasteiger partial charge in [-0.15, -0.1) is 0 Å². The van der Waals surface area contributed by atoms with Gasteiger partial charge in [0.25, 0.3) is 0 Å². The van der Waals surface area contributed by atoms with Crippen molar-refractivity contribution < 1.29 is 15.0 Å². The molecule has 0 spiro atoms. The summed E-state index contributed by atoms with van der Waals surface area (Å²) in [7, 11) is 0. The van der Waals surface area contributed by atoms with Crippen LogP contribution in [0, 0.1) is 0 Å². The van der Waals surface area contributed by atoms with Gasteiger partial charge in [0.15, 0.2) is 0 Å². The number of phenols is 1. The Morgan fingerprint density at radius 1 is 1.35 bits per heavy atom. The van der Waals surface area contributed by atoms with Crippen LogP contribution in [0.4, 0.5) is 0 Å². The van der Waals surface area contributed by atoms with E-state index in [4.69, 9.17) is 5.11 Å². The Balaban J connectivity index is 2.51. The number of rotatable bonds is 3. The first-order valence-corrected chi connectivity index (χ1v) is 5.98. The molecule has 0 heterocycles. The van der Waals surface area contributed by atoms with Crippen molar-refractivity contribution in [3.8, 4) is 5.75 Å². The van der Waals surface area contributed by atoms with Gasteiger partial charge in [-0.1, -0.05) is 19.9 Å². The van der Waals surface area contributed by atoms with E-state index in [0.29, 0.717) is 0 Å². The van der Waals surface area contributed by atoms with E-state index in [1.165, 1.54) is 5.56 Å². The number of benzene rings is 1. The maximum absolute atomic E-state index is 10.9. The molecule has 2 rings (SSSR count). The van der Waals surface area contributed by atoms with Crippen molar-refractivity contribution in [1.82, 2.24) is 0 Å². The van der Waals surface area contributed by atoms with Crippen molar-refractivity contribution in [2.75, 3.05) is 0 Å². The van der Waals surface area contributed by atoms with Crippen LogP contribution in [0.1, 0.15) is 43.4 Å². The highest BCUT2D eigenvalue weighted by Crippen LogP contribution is 2.40. The molecule has 1 aromatic rings. The molecular formula is C14H18O3. The summed E-state index contributed by atoms with van der Waals surface area (Å²) >= 11 is 0. The molecule has 0 aliphatic heterocycles. The van der Waals surface area contributed by atoms with Crippen LogP contribution < -0.4 is 0 Å². The summed E-state index contributed by atoms with van der Waals surface area (Å²) in [5, 5.41) is 19.0.